The van der Waals surface area contributed by atoms with E-state index in [1.54, 1.807) is 0 Å². The third kappa shape index (κ3) is 8.93. The highest BCUT2D eigenvalue weighted by molar-refractivity contribution is 5.67. The minimum atomic E-state index is -0.447. The van der Waals surface area contributed by atoms with Crippen LogP contribution >= 0.6 is 0 Å². The van der Waals surface area contributed by atoms with Gasteiger partial charge in [-0.2, -0.15) is 0 Å². The van der Waals surface area contributed by atoms with Crippen LogP contribution in [0.25, 0.3) is 0 Å². The van der Waals surface area contributed by atoms with Gasteiger partial charge in [-0.1, -0.05) is 12.2 Å². The molecule has 1 saturated heterocycles. The average molecular weight is 284 g/mol. The third-order valence-corrected chi connectivity index (χ3v) is 2.88. The summed E-state index contributed by atoms with van der Waals surface area (Å²) < 4.78 is 10.6. The maximum absolute atomic E-state index is 11.4. The maximum atomic E-state index is 11.4. The van der Waals surface area contributed by atoms with Gasteiger partial charge in [-0.3, -0.25) is 0 Å². The number of alkyl carbamates (subject to hydrolysis) is 1. The Morgan fingerprint density at radius 2 is 2.10 bits per heavy atom. The summed E-state index contributed by atoms with van der Waals surface area (Å²) in [6.45, 7) is 9.62. The van der Waals surface area contributed by atoms with Gasteiger partial charge in [-0.25, -0.2) is 4.79 Å². The first-order valence-electron chi connectivity index (χ1n) is 7.37. The highest BCUT2D eigenvalue weighted by Crippen LogP contribution is 2.11. The van der Waals surface area contributed by atoms with Gasteiger partial charge in [0.1, 0.15) is 5.60 Å². The van der Waals surface area contributed by atoms with E-state index < -0.39 is 5.60 Å². The van der Waals surface area contributed by atoms with Crippen molar-refractivity contribution in [1.82, 2.24) is 10.6 Å². The van der Waals surface area contributed by atoms with Gasteiger partial charge in [0.25, 0.3) is 0 Å². The summed E-state index contributed by atoms with van der Waals surface area (Å²) in [6.07, 6.45) is 5.98. The van der Waals surface area contributed by atoms with E-state index in [1.807, 2.05) is 32.9 Å². The van der Waals surface area contributed by atoms with Crippen LogP contribution in [-0.2, 0) is 9.47 Å². The smallest absolute Gasteiger partial charge is 0.407 e. The number of hydrogen-bond donors (Lipinski definition) is 2. The van der Waals surface area contributed by atoms with E-state index in [2.05, 4.69) is 10.6 Å². The molecule has 0 aromatic carbocycles. The summed E-state index contributed by atoms with van der Waals surface area (Å²) in [5.74, 6) is 0.636. The van der Waals surface area contributed by atoms with E-state index in [0.717, 1.165) is 26.3 Å². The molecule has 1 fully saturated rings. The molecule has 1 aliphatic heterocycles. The van der Waals surface area contributed by atoms with Gasteiger partial charge in [0, 0.05) is 26.2 Å². The Labute approximate surface area is 122 Å². The molecular formula is C15H28N2O3. The maximum Gasteiger partial charge on any atom is 0.407 e. The minimum Gasteiger partial charge on any atom is -0.444 e. The molecule has 0 bridgehead atoms. The monoisotopic (exact) mass is 284 g/mol. The van der Waals surface area contributed by atoms with Gasteiger partial charge < -0.3 is 20.1 Å². The van der Waals surface area contributed by atoms with Gasteiger partial charge in [0.05, 0.1) is 6.61 Å². The van der Waals surface area contributed by atoms with Crippen LogP contribution in [0, 0.1) is 5.92 Å². The van der Waals surface area contributed by atoms with Gasteiger partial charge >= 0.3 is 6.09 Å². The van der Waals surface area contributed by atoms with Crippen molar-refractivity contribution in [1.29, 1.82) is 0 Å². The topological polar surface area (TPSA) is 59.6 Å². The van der Waals surface area contributed by atoms with Crippen LogP contribution in [0.1, 0.15) is 33.6 Å². The lowest BCUT2D eigenvalue weighted by atomic mass is 10.0. The van der Waals surface area contributed by atoms with Crippen LogP contribution in [0.5, 0.6) is 0 Å². The summed E-state index contributed by atoms with van der Waals surface area (Å²) >= 11 is 0. The quantitative estimate of drug-likeness (QED) is 0.579. The van der Waals surface area contributed by atoms with Crippen LogP contribution in [0.4, 0.5) is 4.79 Å². The Morgan fingerprint density at radius 1 is 1.35 bits per heavy atom. The zero-order valence-electron chi connectivity index (χ0n) is 12.9. The highest BCUT2D eigenvalue weighted by atomic mass is 16.6. The van der Waals surface area contributed by atoms with E-state index in [9.17, 15) is 4.79 Å². The van der Waals surface area contributed by atoms with Crippen molar-refractivity contribution in [2.24, 2.45) is 5.92 Å². The first-order chi connectivity index (χ1) is 9.47. The average Bonchev–Trinajstić information content (AvgIpc) is 2.37. The molecule has 5 heteroatoms. The van der Waals surface area contributed by atoms with Crippen molar-refractivity contribution in [3.8, 4) is 0 Å². The van der Waals surface area contributed by atoms with Gasteiger partial charge in [-0.05, 0) is 39.5 Å². The molecule has 1 rings (SSSR count). The number of amides is 1. The van der Waals surface area contributed by atoms with Crippen molar-refractivity contribution in [2.45, 2.75) is 39.2 Å². The zero-order chi connectivity index (χ0) is 14.8. The Morgan fingerprint density at radius 3 is 2.75 bits per heavy atom. The molecule has 0 saturated carbocycles. The van der Waals surface area contributed by atoms with Gasteiger partial charge in [0.15, 0.2) is 0 Å². The predicted molar refractivity (Wildman–Crippen MR) is 79.8 cm³/mol. The van der Waals surface area contributed by atoms with E-state index in [4.69, 9.17) is 9.47 Å². The Kier molecular flexibility index (Phi) is 7.62. The summed E-state index contributed by atoms with van der Waals surface area (Å²) in [4.78, 5) is 11.4. The minimum absolute atomic E-state index is 0.380. The molecule has 1 heterocycles. The predicted octanol–water partition coefficient (Wildman–Crippen LogP) is 2.08. The van der Waals surface area contributed by atoms with Gasteiger partial charge in [-0.15, -0.1) is 0 Å². The van der Waals surface area contributed by atoms with Crippen LogP contribution < -0.4 is 10.6 Å². The first-order valence-corrected chi connectivity index (χ1v) is 7.37. The molecule has 0 aliphatic carbocycles. The molecule has 1 amide bonds. The van der Waals surface area contributed by atoms with Crippen molar-refractivity contribution < 1.29 is 14.3 Å². The third-order valence-electron chi connectivity index (χ3n) is 2.88. The lowest BCUT2D eigenvalue weighted by Gasteiger charge is -2.21. The lowest BCUT2D eigenvalue weighted by molar-refractivity contribution is 0.0533. The number of carbonyl (C=O) groups excluding carboxylic acids is 1. The highest BCUT2D eigenvalue weighted by Gasteiger charge is 2.15. The summed E-state index contributed by atoms with van der Waals surface area (Å²) in [7, 11) is 0. The Balaban J connectivity index is 1.97. The SMILES string of the molecule is CC(C)(C)OC(=O)NC/C=C/CNCC1CCCOC1. The van der Waals surface area contributed by atoms with E-state index >= 15 is 0 Å². The van der Waals surface area contributed by atoms with Crippen LogP contribution in [0.15, 0.2) is 12.2 Å². The van der Waals surface area contributed by atoms with Crippen molar-refractivity contribution in [3.63, 3.8) is 0 Å². The summed E-state index contributed by atoms with van der Waals surface area (Å²) in [5, 5.41) is 6.05. The van der Waals surface area contributed by atoms with E-state index in [0.29, 0.717) is 12.5 Å². The van der Waals surface area contributed by atoms with Crippen LogP contribution in [0.2, 0.25) is 0 Å². The first kappa shape index (κ1) is 17.0. The fraction of sp³-hybridized carbons (Fsp3) is 0.800. The molecule has 5 nitrogen and oxygen atoms in total. The number of ether oxygens (including phenoxy) is 2. The number of carbonyl (C=O) groups is 1. The number of nitrogens with one attached hydrogen (secondary N) is 2. The summed E-state index contributed by atoms with van der Waals surface area (Å²) in [5.41, 5.74) is -0.447. The van der Waals surface area contributed by atoms with Gasteiger partial charge in [0.2, 0.25) is 0 Å². The Bertz CT molecular complexity index is 305. The number of hydrogen-bond acceptors (Lipinski definition) is 4. The molecule has 0 aromatic rings. The Hall–Kier alpha value is -1.07. The molecule has 1 unspecified atom stereocenters. The number of rotatable bonds is 6. The molecule has 1 atom stereocenters. The molecule has 0 spiro atoms. The van der Waals surface area contributed by atoms with Crippen LogP contribution in [-0.4, -0.2) is 44.5 Å². The van der Waals surface area contributed by atoms with Crippen molar-refractivity contribution >= 4 is 6.09 Å². The zero-order valence-corrected chi connectivity index (χ0v) is 12.9. The molecule has 0 radical (unpaired) electrons. The second-order valence-corrected chi connectivity index (χ2v) is 6.10. The van der Waals surface area contributed by atoms with Crippen molar-refractivity contribution in [3.05, 3.63) is 12.2 Å². The largest absolute Gasteiger partial charge is 0.444 e. The van der Waals surface area contributed by atoms with E-state index in [1.165, 1.54) is 12.8 Å². The molecule has 1 aliphatic rings. The molecule has 20 heavy (non-hydrogen) atoms. The molecule has 0 aromatic heterocycles. The fourth-order valence-electron chi connectivity index (χ4n) is 1.96. The van der Waals surface area contributed by atoms with Crippen molar-refractivity contribution in [2.75, 3.05) is 32.8 Å². The molecule has 116 valence electrons. The van der Waals surface area contributed by atoms with E-state index in [-0.39, 0.29) is 6.09 Å². The normalized spacial score (nSPS) is 20.1. The standard InChI is InChI=1S/C15H28N2O3/c1-15(2,3)20-14(18)17-9-5-4-8-16-11-13-7-6-10-19-12-13/h4-5,13,16H,6-12H2,1-3H3,(H,17,18)/b5-4+. The fourth-order valence-corrected chi connectivity index (χ4v) is 1.96. The molecular weight excluding hydrogens is 256 g/mol. The lowest BCUT2D eigenvalue weighted by Crippen LogP contribution is -2.32. The molecule has 2 N–H and O–H groups in total. The summed E-state index contributed by atoms with van der Waals surface area (Å²) in [6, 6.07) is 0. The second kappa shape index (κ2) is 8.97. The van der Waals surface area contributed by atoms with Crippen LogP contribution in [0.3, 0.4) is 0 Å². The second-order valence-electron chi connectivity index (χ2n) is 6.10.